The molecule has 1 N–H and O–H groups in total. The molecule has 3 rings (SSSR count). The molecule has 7 heteroatoms. The number of nitrogens with zero attached hydrogens (tertiary/aromatic N) is 2. The Bertz CT molecular complexity index is 945. The molecular weight excluding hydrogens is 373 g/mol. The summed E-state index contributed by atoms with van der Waals surface area (Å²) in [6, 6.07) is 11.1. The first-order valence-electron chi connectivity index (χ1n) is 9.58. The van der Waals surface area contributed by atoms with Crippen molar-refractivity contribution >= 4 is 23.4 Å². The Labute approximate surface area is 169 Å². The zero-order valence-corrected chi connectivity index (χ0v) is 16.6. The van der Waals surface area contributed by atoms with Gasteiger partial charge in [-0.15, -0.1) is 0 Å². The summed E-state index contributed by atoms with van der Waals surface area (Å²) in [5, 5.41) is 2.73. The molecule has 3 amide bonds. The average Bonchev–Trinajstić information content (AvgIpc) is 2.95. The van der Waals surface area contributed by atoms with Gasteiger partial charge >= 0.3 is 0 Å². The SMILES string of the molecule is CC(=O)Nc1cc(C(=O)N2CCCN(C(=O)c3ccccc3F)CC2)ccc1C. The molecule has 152 valence electrons. The lowest BCUT2D eigenvalue weighted by Gasteiger charge is -2.23. The molecule has 0 unspecified atom stereocenters. The number of aryl methyl sites for hydroxylation is 1. The fourth-order valence-electron chi connectivity index (χ4n) is 3.39. The Kier molecular flexibility index (Phi) is 6.26. The zero-order chi connectivity index (χ0) is 21.0. The van der Waals surface area contributed by atoms with E-state index in [2.05, 4.69) is 5.32 Å². The maximum absolute atomic E-state index is 13.9. The summed E-state index contributed by atoms with van der Waals surface area (Å²) < 4.78 is 13.9. The van der Waals surface area contributed by atoms with Crippen LogP contribution in [0.15, 0.2) is 42.5 Å². The lowest BCUT2D eigenvalue weighted by Crippen LogP contribution is -2.37. The van der Waals surface area contributed by atoms with Gasteiger partial charge < -0.3 is 15.1 Å². The molecule has 29 heavy (non-hydrogen) atoms. The van der Waals surface area contributed by atoms with E-state index in [9.17, 15) is 18.8 Å². The fourth-order valence-corrected chi connectivity index (χ4v) is 3.39. The predicted octanol–water partition coefficient (Wildman–Crippen LogP) is 3.08. The highest BCUT2D eigenvalue weighted by Crippen LogP contribution is 2.19. The van der Waals surface area contributed by atoms with Gasteiger partial charge in [-0.05, 0) is 43.2 Å². The van der Waals surface area contributed by atoms with E-state index in [4.69, 9.17) is 0 Å². The van der Waals surface area contributed by atoms with Crippen LogP contribution in [0.4, 0.5) is 10.1 Å². The predicted molar refractivity (Wildman–Crippen MR) is 108 cm³/mol. The summed E-state index contributed by atoms with van der Waals surface area (Å²) in [4.78, 5) is 40.2. The van der Waals surface area contributed by atoms with Crippen LogP contribution in [-0.2, 0) is 4.79 Å². The van der Waals surface area contributed by atoms with Gasteiger partial charge in [0, 0.05) is 44.4 Å². The van der Waals surface area contributed by atoms with E-state index in [1.54, 1.807) is 40.1 Å². The molecule has 0 saturated carbocycles. The first-order chi connectivity index (χ1) is 13.9. The molecule has 1 fully saturated rings. The largest absolute Gasteiger partial charge is 0.337 e. The van der Waals surface area contributed by atoms with Crippen molar-refractivity contribution in [2.45, 2.75) is 20.3 Å². The zero-order valence-electron chi connectivity index (χ0n) is 16.6. The van der Waals surface area contributed by atoms with Crippen LogP contribution >= 0.6 is 0 Å². The molecule has 1 aliphatic heterocycles. The van der Waals surface area contributed by atoms with Crippen LogP contribution < -0.4 is 5.32 Å². The highest BCUT2D eigenvalue weighted by atomic mass is 19.1. The molecule has 0 aliphatic carbocycles. The molecule has 6 nitrogen and oxygen atoms in total. The molecule has 1 heterocycles. The Morgan fingerprint density at radius 3 is 2.24 bits per heavy atom. The van der Waals surface area contributed by atoms with E-state index in [0.717, 1.165) is 5.56 Å². The van der Waals surface area contributed by atoms with E-state index < -0.39 is 5.82 Å². The molecule has 2 aromatic rings. The van der Waals surface area contributed by atoms with Crippen LogP contribution in [0.5, 0.6) is 0 Å². The molecule has 0 bridgehead atoms. The number of anilines is 1. The maximum Gasteiger partial charge on any atom is 0.256 e. The minimum Gasteiger partial charge on any atom is -0.337 e. The first-order valence-corrected chi connectivity index (χ1v) is 9.58. The number of hydrogen-bond donors (Lipinski definition) is 1. The van der Waals surface area contributed by atoms with Crippen molar-refractivity contribution in [1.29, 1.82) is 0 Å². The van der Waals surface area contributed by atoms with E-state index in [1.807, 2.05) is 6.92 Å². The smallest absolute Gasteiger partial charge is 0.256 e. The Morgan fingerprint density at radius 2 is 1.59 bits per heavy atom. The Balaban J connectivity index is 1.71. The second-order valence-electron chi connectivity index (χ2n) is 7.13. The number of hydrogen-bond acceptors (Lipinski definition) is 3. The van der Waals surface area contributed by atoms with Crippen LogP contribution in [0.1, 0.15) is 39.6 Å². The minimum atomic E-state index is -0.542. The van der Waals surface area contributed by atoms with Gasteiger partial charge in [-0.2, -0.15) is 0 Å². The van der Waals surface area contributed by atoms with Crippen molar-refractivity contribution < 1.29 is 18.8 Å². The van der Waals surface area contributed by atoms with Crippen molar-refractivity contribution in [2.24, 2.45) is 0 Å². The monoisotopic (exact) mass is 397 g/mol. The van der Waals surface area contributed by atoms with Crippen LogP contribution in [0.2, 0.25) is 0 Å². The first kappa shape index (κ1) is 20.5. The summed E-state index contributed by atoms with van der Waals surface area (Å²) in [5.41, 5.74) is 2.00. The fraction of sp³-hybridized carbons (Fsp3) is 0.318. The molecule has 0 atom stereocenters. The molecule has 1 saturated heterocycles. The maximum atomic E-state index is 13.9. The average molecular weight is 397 g/mol. The van der Waals surface area contributed by atoms with Crippen LogP contribution in [0, 0.1) is 12.7 Å². The topological polar surface area (TPSA) is 69.7 Å². The van der Waals surface area contributed by atoms with Gasteiger partial charge in [0.2, 0.25) is 5.91 Å². The van der Waals surface area contributed by atoms with E-state index in [1.165, 1.54) is 19.1 Å². The number of carbonyl (C=O) groups is 3. The number of halogens is 1. The van der Waals surface area contributed by atoms with Crippen LogP contribution in [-0.4, -0.2) is 53.7 Å². The Hall–Kier alpha value is -3.22. The van der Waals surface area contributed by atoms with Gasteiger partial charge in [0.05, 0.1) is 5.56 Å². The number of rotatable bonds is 3. The van der Waals surface area contributed by atoms with Gasteiger partial charge in [-0.3, -0.25) is 14.4 Å². The summed E-state index contributed by atoms with van der Waals surface area (Å²) in [5.74, 6) is -1.26. The number of benzene rings is 2. The normalized spacial score (nSPS) is 14.3. The van der Waals surface area contributed by atoms with Gasteiger partial charge in [0.15, 0.2) is 0 Å². The van der Waals surface area contributed by atoms with Crippen LogP contribution in [0.3, 0.4) is 0 Å². The van der Waals surface area contributed by atoms with Crippen molar-refractivity contribution in [2.75, 3.05) is 31.5 Å². The van der Waals surface area contributed by atoms with Crippen LogP contribution in [0.25, 0.3) is 0 Å². The van der Waals surface area contributed by atoms with Crippen molar-refractivity contribution in [3.05, 3.63) is 65.0 Å². The number of amides is 3. The minimum absolute atomic E-state index is 0.0470. The Morgan fingerprint density at radius 1 is 0.931 bits per heavy atom. The second-order valence-corrected chi connectivity index (χ2v) is 7.13. The highest BCUT2D eigenvalue weighted by molar-refractivity contribution is 5.97. The summed E-state index contributed by atoms with van der Waals surface area (Å²) in [6.07, 6.45) is 0.607. The van der Waals surface area contributed by atoms with E-state index in [-0.39, 0.29) is 23.3 Å². The molecule has 0 radical (unpaired) electrons. The molecule has 0 aromatic heterocycles. The number of carbonyl (C=O) groups excluding carboxylic acids is 3. The molecule has 0 spiro atoms. The van der Waals surface area contributed by atoms with Gasteiger partial charge in [0.1, 0.15) is 5.82 Å². The lowest BCUT2D eigenvalue weighted by molar-refractivity contribution is -0.114. The molecule has 1 aliphatic rings. The lowest BCUT2D eigenvalue weighted by atomic mass is 10.1. The van der Waals surface area contributed by atoms with E-state index >= 15 is 0 Å². The summed E-state index contributed by atoms with van der Waals surface area (Å²) in [6.45, 7) is 4.94. The van der Waals surface area contributed by atoms with Crippen molar-refractivity contribution in [1.82, 2.24) is 9.80 Å². The van der Waals surface area contributed by atoms with E-state index in [0.29, 0.717) is 43.9 Å². The quantitative estimate of drug-likeness (QED) is 0.865. The summed E-state index contributed by atoms with van der Waals surface area (Å²) in [7, 11) is 0. The third-order valence-electron chi connectivity index (χ3n) is 4.97. The second kappa shape index (κ2) is 8.86. The summed E-state index contributed by atoms with van der Waals surface area (Å²) >= 11 is 0. The molecular formula is C22H24FN3O3. The third-order valence-corrected chi connectivity index (χ3v) is 4.97. The highest BCUT2D eigenvalue weighted by Gasteiger charge is 2.25. The van der Waals surface area contributed by atoms with Crippen molar-refractivity contribution in [3.63, 3.8) is 0 Å². The third kappa shape index (κ3) is 4.80. The van der Waals surface area contributed by atoms with Gasteiger partial charge in [-0.1, -0.05) is 18.2 Å². The van der Waals surface area contributed by atoms with Crippen molar-refractivity contribution in [3.8, 4) is 0 Å². The van der Waals surface area contributed by atoms with Gasteiger partial charge in [-0.25, -0.2) is 4.39 Å². The standard InChI is InChI=1S/C22H24FN3O3/c1-15-8-9-17(14-20(15)24-16(2)27)21(28)25-10-5-11-26(13-12-25)22(29)18-6-3-4-7-19(18)23/h3-4,6-9,14H,5,10-13H2,1-2H3,(H,24,27). The number of nitrogens with one attached hydrogen (secondary N) is 1. The molecule has 2 aromatic carbocycles. The van der Waals surface area contributed by atoms with Gasteiger partial charge in [0.25, 0.3) is 11.8 Å².